The quantitative estimate of drug-likeness (QED) is 0.680. The van der Waals surface area contributed by atoms with Crippen LogP contribution in [0.15, 0.2) is 35.2 Å². The highest BCUT2D eigenvalue weighted by Crippen LogP contribution is 2.25. The summed E-state index contributed by atoms with van der Waals surface area (Å²) in [7, 11) is 0. The first-order valence-corrected chi connectivity index (χ1v) is 5.36. The van der Waals surface area contributed by atoms with Crippen molar-refractivity contribution in [3.8, 4) is 6.07 Å². The van der Waals surface area contributed by atoms with Crippen LogP contribution in [0.4, 0.5) is 0 Å². The predicted molar refractivity (Wildman–Crippen MR) is 56.6 cm³/mol. The number of hydrogen-bond acceptors (Lipinski definition) is 2. The number of thioether (sulfide) groups is 1. The van der Waals surface area contributed by atoms with Crippen molar-refractivity contribution < 1.29 is 0 Å². The zero-order chi connectivity index (χ0) is 9.52. The molecule has 0 radical (unpaired) electrons. The molecule has 1 aromatic rings. The molecule has 0 aliphatic carbocycles. The number of nitrogens with zero attached hydrogens (tertiary/aromatic N) is 1. The Morgan fingerprint density at radius 2 is 2.08 bits per heavy atom. The number of hydrogen-bond donors (Lipinski definition) is 0. The Balaban J connectivity index is 2.53. The lowest BCUT2D eigenvalue weighted by Crippen LogP contribution is -1.96. The molecule has 1 nitrogen and oxygen atoms in total. The zero-order valence-corrected chi connectivity index (χ0v) is 8.55. The second kappa shape index (κ2) is 5.66. The van der Waals surface area contributed by atoms with Gasteiger partial charge in [0.05, 0.1) is 11.3 Å². The molecule has 0 amide bonds. The SMILES string of the molecule is CCCC(C#N)Sc1ccccc1. The Hall–Kier alpha value is -0.940. The first-order valence-electron chi connectivity index (χ1n) is 4.48. The van der Waals surface area contributed by atoms with E-state index in [-0.39, 0.29) is 5.25 Å². The molecule has 1 rings (SSSR count). The van der Waals surface area contributed by atoms with Crippen molar-refractivity contribution in [3.63, 3.8) is 0 Å². The minimum Gasteiger partial charge on any atom is -0.197 e. The van der Waals surface area contributed by atoms with Gasteiger partial charge in [0.15, 0.2) is 0 Å². The Kier molecular flexibility index (Phi) is 4.42. The molecule has 0 saturated carbocycles. The highest BCUT2D eigenvalue weighted by Gasteiger charge is 2.06. The summed E-state index contributed by atoms with van der Waals surface area (Å²) < 4.78 is 0. The first kappa shape index (κ1) is 10.1. The molecule has 0 heterocycles. The number of benzene rings is 1. The van der Waals surface area contributed by atoms with Crippen molar-refractivity contribution in [2.45, 2.75) is 29.9 Å². The standard InChI is InChI=1S/C11H13NS/c1-2-6-11(9-12)13-10-7-4-3-5-8-10/h3-5,7-8,11H,2,6H2,1H3. The smallest absolute Gasteiger partial charge is 0.0963 e. The fourth-order valence-electron chi connectivity index (χ4n) is 1.08. The van der Waals surface area contributed by atoms with Gasteiger partial charge in [-0.1, -0.05) is 31.5 Å². The maximum Gasteiger partial charge on any atom is 0.0963 e. The third-order valence-electron chi connectivity index (χ3n) is 1.72. The minimum absolute atomic E-state index is 0.104. The van der Waals surface area contributed by atoms with E-state index in [1.54, 1.807) is 11.8 Å². The number of rotatable bonds is 4. The van der Waals surface area contributed by atoms with Crippen molar-refractivity contribution in [2.75, 3.05) is 0 Å². The zero-order valence-electron chi connectivity index (χ0n) is 7.73. The van der Waals surface area contributed by atoms with Crippen LogP contribution < -0.4 is 0 Å². The Morgan fingerprint density at radius 1 is 1.38 bits per heavy atom. The minimum atomic E-state index is 0.104. The van der Waals surface area contributed by atoms with Gasteiger partial charge in [-0.15, -0.1) is 11.8 Å². The van der Waals surface area contributed by atoms with Gasteiger partial charge >= 0.3 is 0 Å². The van der Waals surface area contributed by atoms with E-state index in [0.29, 0.717) is 0 Å². The van der Waals surface area contributed by atoms with Crippen LogP contribution in [0.3, 0.4) is 0 Å². The van der Waals surface area contributed by atoms with Crippen LogP contribution in [0, 0.1) is 11.3 Å². The van der Waals surface area contributed by atoms with Crippen molar-refractivity contribution in [1.82, 2.24) is 0 Å². The molecule has 2 heteroatoms. The van der Waals surface area contributed by atoms with E-state index < -0.39 is 0 Å². The average Bonchev–Trinajstić information content (AvgIpc) is 2.19. The lowest BCUT2D eigenvalue weighted by atomic mass is 10.3. The third kappa shape index (κ3) is 3.52. The largest absolute Gasteiger partial charge is 0.197 e. The van der Waals surface area contributed by atoms with Crippen LogP contribution in [-0.4, -0.2) is 5.25 Å². The fourth-order valence-corrected chi connectivity index (χ4v) is 2.12. The van der Waals surface area contributed by atoms with Crippen molar-refractivity contribution in [3.05, 3.63) is 30.3 Å². The fraction of sp³-hybridized carbons (Fsp3) is 0.364. The summed E-state index contributed by atoms with van der Waals surface area (Å²) in [4.78, 5) is 1.18. The summed E-state index contributed by atoms with van der Waals surface area (Å²) in [6, 6.07) is 12.4. The van der Waals surface area contributed by atoms with Crippen LogP contribution in [0.5, 0.6) is 0 Å². The summed E-state index contributed by atoms with van der Waals surface area (Å²) in [5.41, 5.74) is 0. The lowest BCUT2D eigenvalue weighted by Gasteiger charge is -2.06. The average molecular weight is 191 g/mol. The van der Waals surface area contributed by atoms with E-state index in [4.69, 9.17) is 5.26 Å². The van der Waals surface area contributed by atoms with Gasteiger partial charge in [0.2, 0.25) is 0 Å². The van der Waals surface area contributed by atoms with Gasteiger partial charge < -0.3 is 0 Å². The van der Waals surface area contributed by atoms with Crippen LogP contribution in [0.2, 0.25) is 0 Å². The van der Waals surface area contributed by atoms with Crippen LogP contribution in [0.25, 0.3) is 0 Å². The maximum absolute atomic E-state index is 8.85. The molecular formula is C11H13NS. The molecule has 1 unspecified atom stereocenters. The maximum atomic E-state index is 8.85. The molecular weight excluding hydrogens is 178 g/mol. The summed E-state index contributed by atoms with van der Waals surface area (Å²) in [5.74, 6) is 0. The summed E-state index contributed by atoms with van der Waals surface area (Å²) >= 11 is 1.65. The molecule has 1 aromatic carbocycles. The topological polar surface area (TPSA) is 23.8 Å². The molecule has 1 atom stereocenters. The first-order chi connectivity index (χ1) is 6.36. The molecule has 0 fully saturated rings. The van der Waals surface area contributed by atoms with Gasteiger partial charge in [0.25, 0.3) is 0 Å². The van der Waals surface area contributed by atoms with Crippen molar-refractivity contribution >= 4 is 11.8 Å². The second-order valence-corrected chi connectivity index (χ2v) is 4.11. The summed E-state index contributed by atoms with van der Waals surface area (Å²) in [5, 5.41) is 8.95. The van der Waals surface area contributed by atoms with Gasteiger partial charge in [-0.3, -0.25) is 0 Å². The highest BCUT2D eigenvalue weighted by molar-refractivity contribution is 8.00. The normalized spacial score (nSPS) is 12.0. The van der Waals surface area contributed by atoms with Gasteiger partial charge in [0.1, 0.15) is 0 Å². The molecule has 13 heavy (non-hydrogen) atoms. The van der Waals surface area contributed by atoms with Crippen LogP contribution >= 0.6 is 11.8 Å². The van der Waals surface area contributed by atoms with Gasteiger partial charge in [-0.2, -0.15) is 5.26 Å². The van der Waals surface area contributed by atoms with E-state index >= 15 is 0 Å². The van der Waals surface area contributed by atoms with Crippen LogP contribution in [-0.2, 0) is 0 Å². The van der Waals surface area contributed by atoms with Gasteiger partial charge in [-0.25, -0.2) is 0 Å². The molecule has 0 bridgehead atoms. The highest BCUT2D eigenvalue weighted by atomic mass is 32.2. The molecule has 0 aliphatic rings. The summed E-state index contributed by atoms with van der Waals surface area (Å²) in [6.45, 7) is 2.11. The van der Waals surface area contributed by atoms with Crippen LogP contribution in [0.1, 0.15) is 19.8 Å². The van der Waals surface area contributed by atoms with Gasteiger partial charge in [-0.05, 0) is 18.6 Å². The second-order valence-electron chi connectivity index (χ2n) is 2.84. The Bertz CT molecular complexity index is 276. The lowest BCUT2D eigenvalue weighted by molar-refractivity contribution is 0.834. The van der Waals surface area contributed by atoms with E-state index in [1.165, 1.54) is 4.90 Å². The predicted octanol–water partition coefficient (Wildman–Crippen LogP) is 3.47. The molecule has 0 aliphatic heterocycles. The number of nitriles is 1. The third-order valence-corrected chi connectivity index (χ3v) is 2.89. The molecule has 0 N–H and O–H groups in total. The van der Waals surface area contributed by atoms with E-state index in [2.05, 4.69) is 13.0 Å². The van der Waals surface area contributed by atoms with E-state index in [9.17, 15) is 0 Å². The monoisotopic (exact) mass is 191 g/mol. The van der Waals surface area contributed by atoms with E-state index in [1.807, 2.05) is 30.3 Å². The Labute approximate surface area is 83.8 Å². The van der Waals surface area contributed by atoms with Crippen molar-refractivity contribution in [2.24, 2.45) is 0 Å². The molecule has 0 spiro atoms. The summed E-state index contributed by atoms with van der Waals surface area (Å²) in [6.07, 6.45) is 2.04. The van der Waals surface area contributed by atoms with E-state index in [0.717, 1.165) is 12.8 Å². The molecule has 0 aromatic heterocycles. The molecule has 0 saturated heterocycles. The Morgan fingerprint density at radius 3 is 2.62 bits per heavy atom. The van der Waals surface area contributed by atoms with Crippen molar-refractivity contribution in [1.29, 1.82) is 5.26 Å². The molecule has 68 valence electrons. The van der Waals surface area contributed by atoms with Gasteiger partial charge in [0, 0.05) is 4.90 Å².